The Morgan fingerprint density at radius 3 is 2.78 bits per heavy atom. The topological polar surface area (TPSA) is 81.5 Å². The van der Waals surface area contributed by atoms with Gasteiger partial charge in [-0.3, -0.25) is 14.9 Å². The molecule has 126 valence electrons. The van der Waals surface area contributed by atoms with E-state index in [1.165, 1.54) is 37.5 Å². The lowest BCUT2D eigenvalue weighted by Gasteiger charge is -2.21. The van der Waals surface area contributed by atoms with Crippen molar-refractivity contribution in [1.82, 2.24) is 5.32 Å². The Balaban J connectivity index is 1.75. The van der Waals surface area contributed by atoms with Crippen molar-refractivity contribution in [1.29, 1.82) is 0 Å². The first-order chi connectivity index (χ1) is 11.1. The lowest BCUT2D eigenvalue weighted by Crippen LogP contribution is -2.26. The molecular weight excluding hydrogens is 320 g/mol. The van der Waals surface area contributed by atoms with E-state index < -0.39 is 10.8 Å². The standard InChI is InChI=1S/C16H21ClN2O4/c17-12-7-8-14(15(11-12)19(21)22)16(20)18-9-4-10-23-13-5-2-1-3-6-13/h7-8,11,13H,1-6,9-10H2,(H,18,20). The summed E-state index contributed by atoms with van der Waals surface area (Å²) in [6.07, 6.45) is 6.99. The normalized spacial score (nSPS) is 15.3. The highest BCUT2D eigenvalue weighted by Crippen LogP contribution is 2.23. The van der Waals surface area contributed by atoms with Crippen molar-refractivity contribution in [3.63, 3.8) is 0 Å². The number of nitro groups is 1. The van der Waals surface area contributed by atoms with Crippen molar-refractivity contribution in [3.05, 3.63) is 38.9 Å². The third-order valence-electron chi connectivity index (χ3n) is 3.91. The third-order valence-corrected chi connectivity index (χ3v) is 4.15. The number of nitrogens with one attached hydrogen (secondary N) is 1. The number of hydrogen-bond acceptors (Lipinski definition) is 4. The molecule has 1 N–H and O–H groups in total. The smallest absolute Gasteiger partial charge is 0.283 e. The molecule has 0 heterocycles. The summed E-state index contributed by atoms with van der Waals surface area (Å²) < 4.78 is 5.77. The summed E-state index contributed by atoms with van der Waals surface area (Å²) in [6, 6.07) is 4.02. The summed E-state index contributed by atoms with van der Waals surface area (Å²) >= 11 is 5.73. The van der Waals surface area contributed by atoms with Crippen LogP contribution in [-0.4, -0.2) is 30.1 Å². The highest BCUT2D eigenvalue weighted by atomic mass is 35.5. The van der Waals surface area contributed by atoms with Gasteiger partial charge in [-0.25, -0.2) is 0 Å². The van der Waals surface area contributed by atoms with E-state index in [4.69, 9.17) is 16.3 Å². The molecule has 0 spiro atoms. The number of nitrogens with zero attached hydrogens (tertiary/aromatic N) is 1. The Morgan fingerprint density at radius 1 is 1.35 bits per heavy atom. The lowest BCUT2D eigenvalue weighted by atomic mass is 9.98. The van der Waals surface area contributed by atoms with Crippen LogP contribution in [0.4, 0.5) is 5.69 Å². The molecule has 1 amide bonds. The van der Waals surface area contributed by atoms with Crippen molar-refractivity contribution >= 4 is 23.2 Å². The zero-order valence-electron chi connectivity index (χ0n) is 12.9. The Bertz CT molecular complexity index is 559. The molecular formula is C16H21ClN2O4. The SMILES string of the molecule is O=C(NCCCOC1CCCCC1)c1ccc(Cl)cc1[N+](=O)[O-]. The van der Waals surface area contributed by atoms with Crippen LogP contribution in [0, 0.1) is 10.1 Å². The Hall–Kier alpha value is -1.66. The maximum absolute atomic E-state index is 12.0. The average Bonchev–Trinajstić information content (AvgIpc) is 2.55. The minimum Gasteiger partial charge on any atom is -0.378 e. The summed E-state index contributed by atoms with van der Waals surface area (Å²) in [4.78, 5) is 22.4. The molecule has 0 saturated heterocycles. The van der Waals surface area contributed by atoms with Crippen LogP contribution in [0.3, 0.4) is 0 Å². The number of carbonyl (C=O) groups is 1. The van der Waals surface area contributed by atoms with Gasteiger partial charge < -0.3 is 10.1 Å². The zero-order chi connectivity index (χ0) is 16.7. The second-order valence-corrected chi connectivity index (χ2v) is 6.10. The predicted octanol–water partition coefficient (Wildman–Crippen LogP) is 3.72. The van der Waals surface area contributed by atoms with Gasteiger partial charge in [-0.05, 0) is 31.4 Å². The molecule has 7 heteroatoms. The second-order valence-electron chi connectivity index (χ2n) is 5.66. The van der Waals surface area contributed by atoms with Crippen LogP contribution in [0.1, 0.15) is 48.9 Å². The Morgan fingerprint density at radius 2 is 2.09 bits per heavy atom. The van der Waals surface area contributed by atoms with Crippen LogP contribution in [0.25, 0.3) is 0 Å². The van der Waals surface area contributed by atoms with Gasteiger partial charge in [-0.2, -0.15) is 0 Å². The van der Waals surface area contributed by atoms with E-state index in [1.54, 1.807) is 0 Å². The average molecular weight is 341 g/mol. The second kappa shape index (κ2) is 8.84. The van der Waals surface area contributed by atoms with E-state index in [1.807, 2.05) is 0 Å². The van der Waals surface area contributed by atoms with Gasteiger partial charge in [0.15, 0.2) is 0 Å². The van der Waals surface area contributed by atoms with Crippen molar-refractivity contribution in [2.45, 2.75) is 44.6 Å². The number of amides is 1. The van der Waals surface area contributed by atoms with Gasteiger partial charge >= 0.3 is 0 Å². The summed E-state index contributed by atoms with van der Waals surface area (Å²) in [6.45, 7) is 1.01. The quantitative estimate of drug-likeness (QED) is 0.466. The molecule has 1 aliphatic carbocycles. The summed E-state index contributed by atoms with van der Waals surface area (Å²) in [5.41, 5.74) is -0.263. The number of hydrogen-bond donors (Lipinski definition) is 1. The van der Waals surface area contributed by atoms with E-state index in [9.17, 15) is 14.9 Å². The van der Waals surface area contributed by atoms with Crippen LogP contribution >= 0.6 is 11.6 Å². The molecule has 0 bridgehead atoms. The van der Waals surface area contributed by atoms with E-state index in [-0.39, 0.29) is 16.3 Å². The number of carbonyl (C=O) groups excluding carboxylic acids is 1. The summed E-state index contributed by atoms with van der Waals surface area (Å²) in [5, 5.41) is 13.9. The van der Waals surface area contributed by atoms with E-state index in [0.29, 0.717) is 25.7 Å². The van der Waals surface area contributed by atoms with Crippen molar-refractivity contribution < 1.29 is 14.5 Å². The van der Waals surface area contributed by atoms with E-state index >= 15 is 0 Å². The monoisotopic (exact) mass is 340 g/mol. The number of rotatable bonds is 7. The largest absolute Gasteiger partial charge is 0.378 e. The van der Waals surface area contributed by atoms with Gasteiger partial charge in [0.1, 0.15) is 5.56 Å². The molecule has 0 aliphatic heterocycles. The van der Waals surface area contributed by atoms with Gasteiger partial charge in [0.05, 0.1) is 11.0 Å². The number of benzene rings is 1. The first-order valence-corrected chi connectivity index (χ1v) is 8.29. The molecule has 2 rings (SSSR count). The number of nitro benzene ring substituents is 1. The van der Waals surface area contributed by atoms with Gasteiger partial charge in [0.2, 0.25) is 0 Å². The van der Waals surface area contributed by atoms with Crippen molar-refractivity contribution in [2.75, 3.05) is 13.2 Å². The molecule has 1 aliphatic rings. The summed E-state index contributed by atoms with van der Waals surface area (Å²) in [5.74, 6) is -0.467. The van der Waals surface area contributed by atoms with Crippen LogP contribution in [0.15, 0.2) is 18.2 Å². The van der Waals surface area contributed by atoms with Crippen LogP contribution in [-0.2, 0) is 4.74 Å². The highest BCUT2D eigenvalue weighted by Gasteiger charge is 2.20. The number of ether oxygens (including phenoxy) is 1. The van der Waals surface area contributed by atoms with E-state index in [2.05, 4.69) is 5.32 Å². The molecule has 1 saturated carbocycles. The molecule has 1 aromatic carbocycles. The van der Waals surface area contributed by atoms with Crippen molar-refractivity contribution in [3.8, 4) is 0 Å². The fourth-order valence-electron chi connectivity index (χ4n) is 2.70. The minimum atomic E-state index is -0.604. The molecule has 0 radical (unpaired) electrons. The fourth-order valence-corrected chi connectivity index (χ4v) is 2.87. The molecule has 0 atom stereocenters. The van der Waals surface area contributed by atoms with Crippen LogP contribution in [0.2, 0.25) is 5.02 Å². The molecule has 23 heavy (non-hydrogen) atoms. The van der Waals surface area contributed by atoms with E-state index in [0.717, 1.165) is 12.8 Å². The molecule has 6 nitrogen and oxygen atoms in total. The van der Waals surface area contributed by atoms with Crippen molar-refractivity contribution in [2.24, 2.45) is 0 Å². The Kier molecular flexibility index (Phi) is 6.80. The first kappa shape index (κ1) is 17.7. The number of halogens is 1. The highest BCUT2D eigenvalue weighted by molar-refractivity contribution is 6.31. The van der Waals surface area contributed by atoms with Gasteiger partial charge in [-0.1, -0.05) is 30.9 Å². The minimum absolute atomic E-state index is 0.0209. The maximum Gasteiger partial charge on any atom is 0.283 e. The first-order valence-electron chi connectivity index (χ1n) is 7.91. The molecule has 1 fully saturated rings. The molecule has 0 aromatic heterocycles. The molecule has 0 unspecified atom stereocenters. The predicted molar refractivity (Wildman–Crippen MR) is 87.9 cm³/mol. The fraction of sp³-hybridized carbons (Fsp3) is 0.562. The van der Waals surface area contributed by atoms with Crippen LogP contribution < -0.4 is 5.32 Å². The van der Waals surface area contributed by atoms with Gasteiger partial charge in [-0.15, -0.1) is 0 Å². The Labute approximate surface area is 140 Å². The van der Waals surface area contributed by atoms with Gasteiger partial charge in [0.25, 0.3) is 11.6 Å². The van der Waals surface area contributed by atoms with Gasteiger partial charge in [0, 0.05) is 24.2 Å². The third kappa shape index (κ3) is 5.48. The summed E-state index contributed by atoms with van der Waals surface area (Å²) in [7, 11) is 0. The molecule has 1 aromatic rings. The zero-order valence-corrected chi connectivity index (χ0v) is 13.7. The maximum atomic E-state index is 12.0. The van der Waals surface area contributed by atoms with Crippen LogP contribution in [0.5, 0.6) is 0 Å². The lowest BCUT2D eigenvalue weighted by molar-refractivity contribution is -0.385.